The number of methoxy groups -OCH3 is 1. The third-order valence-electron chi connectivity index (χ3n) is 2.05. The van der Waals surface area contributed by atoms with Crippen molar-refractivity contribution in [2.24, 2.45) is 0 Å². The Morgan fingerprint density at radius 3 is 2.58 bits per heavy atom. The van der Waals surface area contributed by atoms with E-state index < -0.39 is 40.1 Å². The van der Waals surface area contributed by atoms with Crippen LogP contribution in [0.1, 0.15) is 15.9 Å². The molecule has 0 aliphatic carbocycles. The fourth-order valence-corrected chi connectivity index (χ4v) is 1.32. The van der Waals surface area contributed by atoms with Gasteiger partial charge in [0, 0.05) is 6.07 Å². The van der Waals surface area contributed by atoms with Crippen molar-refractivity contribution in [1.82, 2.24) is 0 Å². The topological polar surface area (TPSA) is 102 Å². The van der Waals surface area contributed by atoms with E-state index in [4.69, 9.17) is 5.26 Å². The van der Waals surface area contributed by atoms with E-state index in [2.05, 4.69) is 9.47 Å². The summed E-state index contributed by atoms with van der Waals surface area (Å²) in [6.07, 6.45) is 0. The molecule has 0 bridgehead atoms. The summed E-state index contributed by atoms with van der Waals surface area (Å²) in [5.41, 5.74) is -2.06. The van der Waals surface area contributed by atoms with E-state index >= 15 is 0 Å². The molecule has 0 atom stereocenters. The number of carbonyl (C=O) groups excluding carboxylic acids is 1. The largest absolute Gasteiger partial charge is 0.465 e. The van der Waals surface area contributed by atoms with Crippen molar-refractivity contribution in [3.8, 4) is 11.8 Å². The van der Waals surface area contributed by atoms with Gasteiger partial charge in [-0.25, -0.2) is 4.79 Å². The molecule has 0 heterocycles. The molecule has 0 amide bonds. The minimum Gasteiger partial charge on any atom is -0.465 e. The zero-order chi connectivity index (χ0) is 14.6. The first-order valence-electron chi connectivity index (χ1n) is 4.67. The number of ether oxygens (including phenoxy) is 2. The van der Waals surface area contributed by atoms with E-state index in [1.165, 1.54) is 6.07 Å². The van der Waals surface area contributed by atoms with Crippen LogP contribution < -0.4 is 4.74 Å². The van der Waals surface area contributed by atoms with Crippen LogP contribution in [0, 0.1) is 21.4 Å². The summed E-state index contributed by atoms with van der Waals surface area (Å²) >= 11 is 0. The van der Waals surface area contributed by atoms with Crippen molar-refractivity contribution >= 4 is 11.7 Å². The van der Waals surface area contributed by atoms with E-state index in [9.17, 15) is 23.7 Å². The van der Waals surface area contributed by atoms with Crippen molar-refractivity contribution < 1.29 is 28.0 Å². The first-order valence-corrected chi connectivity index (χ1v) is 4.67. The van der Waals surface area contributed by atoms with Gasteiger partial charge in [0.05, 0.1) is 17.6 Å². The molecule has 100 valence electrons. The highest BCUT2D eigenvalue weighted by atomic mass is 19.3. The maximum absolute atomic E-state index is 12.3. The van der Waals surface area contributed by atoms with E-state index in [0.717, 1.165) is 19.2 Å². The summed E-state index contributed by atoms with van der Waals surface area (Å²) in [5, 5.41) is 19.5. The van der Waals surface area contributed by atoms with Gasteiger partial charge in [-0.3, -0.25) is 10.1 Å². The highest BCUT2D eigenvalue weighted by Crippen LogP contribution is 2.33. The number of nitro benzene ring substituents is 1. The minimum absolute atomic E-state index is 0.439. The van der Waals surface area contributed by atoms with Gasteiger partial charge in [0.1, 0.15) is 6.07 Å². The second kappa shape index (κ2) is 5.72. The summed E-state index contributed by atoms with van der Waals surface area (Å²) in [6.45, 7) is -3.35. The van der Waals surface area contributed by atoms with E-state index in [1.807, 2.05) is 0 Å². The molecule has 7 nitrogen and oxygen atoms in total. The van der Waals surface area contributed by atoms with Crippen LogP contribution in [0.3, 0.4) is 0 Å². The number of hydrogen-bond acceptors (Lipinski definition) is 6. The lowest BCUT2D eigenvalue weighted by atomic mass is 10.1. The molecule has 1 rings (SSSR count). The van der Waals surface area contributed by atoms with Crippen LogP contribution in [0.25, 0.3) is 0 Å². The Balaban J connectivity index is 3.61. The average Bonchev–Trinajstić information content (AvgIpc) is 2.36. The predicted octanol–water partition coefficient (Wildman–Crippen LogP) is 1.85. The van der Waals surface area contributed by atoms with Crippen molar-refractivity contribution in [2.75, 3.05) is 7.11 Å². The molecule has 0 aliphatic heterocycles. The highest BCUT2D eigenvalue weighted by Gasteiger charge is 2.30. The number of nitro groups is 1. The van der Waals surface area contributed by atoms with Crippen LogP contribution in [0.2, 0.25) is 0 Å². The standard InChI is InChI=1S/C10H6F2N2O5/c1-18-9(15)7-6(14(16)17)3-2-5(4-13)8(7)19-10(11)12/h2-3,10H,1H3. The van der Waals surface area contributed by atoms with Gasteiger partial charge in [0.2, 0.25) is 0 Å². The van der Waals surface area contributed by atoms with E-state index in [0.29, 0.717) is 0 Å². The van der Waals surface area contributed by atoms with Crippen LogP contribution >= 0.6 is 0 Å². The average molecular weight is 272 g/mol. The normalized spacial score (nSPS) is 9.84. The monoisotopic (exact) mass is 272 g/mol. The number of rotatable bonds is 4. The summed E-state index contributed by atoms with van der Waals surface area (Å²) in [5.74, 6) is -2.13. The third kappa shape index (κ3) is 2.92. The molecule has 0 radical (unpaired) electrons. The molecule has 0 spiro atoms. The molecule has 9 heteroatoms. The van der Waals surface area contributed by atoms with Gasteiger partial charge in [-0.2, -0.15) is 14.0 Å². The van der Waals surface area contributed by atoms with Gasteiger partial charge in [-0.05, 0) is 6.07 Å². The molecule has 19 heavy (non-hydrogen) atoms. The van der Waals surface area contributed by atoms with Gasteiger partial charge >= 0.3 is 12.6 Å². The molecule has 0 unspecified atom stereocenters. The molecule has 0 aromatic heterocycles. The number of carbonyl (C=O) groups is 1. The Hall–Kier alpha value is -2.76. The molecule has 0 saturated heterocycles. The van der Waals surface area contributed by atoms with Crippen LogP contribution in [0.4, 0.5) is 14.5 Å². The molecule has 1 aromatic carbocycles. The Morgan fingerprint density at radius 1 is 1.53 bits per heavy atom. The van der Waals surface area contributed by atoms with Crippen molar-refractivity contribution in [2.45, 2.75) is 6.61 Å². The Bertz CT molecular complexity index is 568. The van der Waals surface area contributed by atoms with Crippen LogP contribution in [-0.4, -0.2) is 24.6 Å². The zero-order valence-corrected chi connectivity index (χ0v) is 9.42. The molecule has 0 saturated carbocycles. The maximum atomic E-state index is 12.3. The van der Waals surface area contributed by atoms with Crippen molar-refractivity contribution in [1.29, 1.82) is 5.26 Å². The number of benzene rings is 1. The number of nitrogens with zero attached hydrogens (tertiary/aromatic N) is 2. The number of halogens is 2. The minimum atomic E-state index is -3.35. The number of esters is 1. The van der Waals surface area contributed by atoms with E-state index in [1.54, 1.807) is 0 Å². The number of alkyl halides is 2. The SMILES string of the molecule is COC(=O)c1c([N+](=O)[O-])ccc(C#N)c1OC(F)F. The molecule has 0 aliphatic rings. The summed E-state index contributed by atoms with van der Waals surface area (Å²) in [4.78, 5) is 21.2. The van der Waals surface area contributed by atoms with E-state index in [-0.39, 0.29) is 0 Å². The highest BCUT2D eigenvalue weighted by molar-refractivity contribution is 5.97. The Kier molecular flexibility index (Phi) is 4.31. The second-order valence-corrected chi connectivity index (χ2v) is 3.08. The van der Waals surface area contributed by atoms with Gasteiger partial charge in [-0.1, -0.05) is 0 Å². The van der Waals surface area contributed by atoms with Gasteiger partial charge in [-0.15, -0.1) is 0 Å². The molecule has 0 N–H and O–H groups in total. The number of nitriles is 1. The van der Waals surface area contributed by atoms with Gasteiger partial charge in [0.25, 0.3) is 5.69 Å². The van der Waals surface area contributed by atoms with Gasteiger partial charge < -0.3 is 9.47 Å². The summed E-state index contributed by atoms with van der Waals surface area (Å²) < 4.78 is 32.8. The molecule has 1 aromatic rings. The maximum Gasteiger partial charge on any atom is 0.387 e. The van der Waals surface area contributed by atoms with Gasteiger partial charge in [0.15, 0.2) is 11.3 Å². The fraction of sp³-hybridized carbons (Fsp3) is 0.200. The van der Waals surface area contributed by atoms with Crippen molar-refractivity contribution in [3.63, 3.8) is 0 Å². The first kappa shape index (κ1) is 14.3. The number of hydrogen-bond donors (Lipinski definition) is 0. The second-order valence-electron chi connectivity index (χ2n) is 3.08. The van der Waals surface area contributed by atoms with Crippen LogP contribution in [-0.2, 0) is 4.74 Å². The summed E-state index contributed by atoms with van der Waals surface area (Å²) in [6, 6.07) is 3.24. The smallest absolute Gasteiger partial charge is 0.387 e. The Morgan fingerprint density at radius 2 is 2.16 bits per heavy atom. The lowest BCUT2D eigenvalue weighted by molar-refractivity contribution is -0.385. The lowest BCUT2D eigenvalue weighted by Gasteiger charge is -2.10. The first-order chi connectivity index (χ1) is 8.92. The predicted molar refractivity (Wildman–Crippen MR) is 55.8 cm³/mol. The quantitative estimate of drug-likeness (QED) is 0.470. The third-order valence-corrected chi connectivity index (χ3v) is 2.05. The van der Waals surface area contributed by atoms with Crippen molar-refractivity contribution in [3.05, 3.63) is 33.4 Å². The molecular weight excluding hydrogens is 266 g/mol. The zero-order valence-electron chi connectivity index (χ0n) is 9.42. The van der Waals surface area contributed by atoms with Crippen LogP contribution in [0.5, 0.6) is 5.75 Å². The van der Waals surface area contributed by atoms with Crippen LogP contribution in [0.15, 0.2) is 12.1 Å². The lowest BCUT2D eigenvalue weighted by Crippen LogP contribution is -2.13. The molecular formula is C10H6F2N2O5. The molecule has 0 fully saturated rings. The summed E-state index contributed by atoms with van der Waals surface area (Å²) in [7, 11) is 0.914. The Labute approximate surface area is 105 Å². The fourth-order valence-electron chi connectivity index (χ4n) is 1.32.